The molecule has 0 amide bonds. The maximum atomic E-state index is 13.2. The number of nitrogens with zero attached hydrogens (tertiary/aromatic N) is 2. The molecule has 1 aliphatic heterocycles. The molecule has 0 aliphatic carbocycles. The molecule has 0 radical (unpaired) electrons. The van der Waals surface area contributed by atoms with Crippen molar-refractivity contribution in [3.63, 3.8) is 0 Å². The summed E-state index contributed by atoms with van der Waals surface area (Å²) in [5.74, 6) is -0.972. The Hall–Kier alpha value is -1.14. The third-order valence-electron chi connectivity index (χ3n) is 2.62. The van der Waals surface area contributed by atoms with E-state index in [0.717, 1.165) is 21.3 Å². The third kappa shape index (κ3) is 1.99. The zero-order valence-electron chi connectivity index (χ0n) is 9.90. The smallest absolute Gasteiger partial charge is 0.167 e. The molecule has 94 valence electrons. The van der Waals surface area contributed by atoms with E-state index in [1.165, 1.54) is 23.5 Å². The van der Waals surface area contributed by atoms with Crippen LogP contribution in [-0.4, -0.2) is 26.4 Å². The second-order valence-electron chi connectivity index (χ2n) is 4.77. The van der Waals surface area contributed by atoms with Crippen LogP contribution < -0.4 is 0 Å². The first-order valence-electron chi connectivity index (χ1n) is 5.47. The van der Waals surface area contributed by atoms with E-state index in [2.05, 4.69) is 23.8 Å². The van der Waals surface area contributed by atoms with Gasteiger partial charge in [-0.05, 0) is 13.8 Å². The number of hydrogen-bond acceptors (Lipinski definition) is 5. The Bertz CT molecular complexity index is 624. The zero-order valence-corrected chi connectivity index (χ0v) is 11.5. The summed E-state index contributed by atoms with van der Waals surface area (Å²) in [6.07, 6.45) is 0. The largest absolute Gasteiger partial charge is 0.505 e. The van der Waals surface area contributed by atoms with Gasteiger partial charge in [0, 0.05) is 16.9 Å². The Morgan fingerprint density at radius 2 is 2.17 bits per heavy atom. The highest BCUT2D eigenvalue weighted by Crippen LogP contribution is 2.37. The molecule has 3 nitrogen and oxygen atoms in total. The summed E-state index contributed by atoms with van der Waals surface area (Å²) in [5, 5.41) is 11.0. The van der Waals surface area contributed by atoms with Gasteiger partial charge in [-0.15, -0.1) is 11.3 Å². The summed E-state index contributed by atoms with van der Waals surface area (Å²) < 4.78 is 14.1. The minimum absolute atomic E-state index is 0.0978. The molecule has 6 heteroatoms. The number of rotatable bonds is 1. The van der Waals surface area contributed by atoms with Crippen molar-refractivity contribution >= 4 is 38.4 Å². The van der Waals surface area contributed by atoms with Gasteiger partial charge < -0.3 is 5.11 Å². The first-order valence-corrected chi connectivity index (χ1v) is 7.11. The predicted octanol–water partition coefficient (Wildman–Crippen LogP) is 3.41. The van der Waals surface area contributed by atoms with Crippen molar-refractivity contribution in [2.45, 2.75) is 18.6 Å². The van der Waals surface area contributed by atoms with Gasteiger partial charge in [0.25, 0.3) is 0 Å². The van der Waals surface area contributed by atoms with Crippen LogP contribution in [0.3, 0.4) is 0 Å². The van der Waals surface area contributed by atoms with E-state index in [-0.39, 0.29) is 10.5 Å². The van der Waals surface area contributed by atoms with Gasteiger partial charge in [-0.2, -0.15) is 0 Å². The van der Waals surface area contributed by atoms with Crippen molar-refractivity contribution in [3.05, 3.63) is 23.0 Å². The Balaban J connectivity index is 2.05. The summed E-state index contributed by atoms with van der Waals surface area (Å²) in [7, 11) is 0. The number of phenols is 1. The molecule has 2 heterocycles. The molecule has 18 heavy (non-hydrogen) atoms. The molecular weight excluding hydrogens is 271 g/mol. The monoisotopic (exact) mass is 282 g/mol. The van der Waals surface area contributed by atoms with Gasteiger partial charge in [-0.1, -0.05) is 11.8 Å². The Labute approximate surface area is 112 Å². The average Bonchev–Trinajstić information content (AvgIpc) is 2.82. The first-order chi connectivity index (χ1) is 8.44. The van der Waals surface area contributed by atoms with E-state index in [4.69, 9.17) is 0 Å². The highest BCUT2D eigenvalue weighted by atomic mass is 32.2. The highest BCUT2D eigenvalue weighted by Gasteiger charge is 2.29. The molecule has 0 fully saturated rings. The van der Waals surface area contributed by atoms with Crippen molar-refractivity contribution in [2.24, 2.45) is 4.99 Å². The molecule has 0 spiro atoms. The van der Waals surface area contributed by atoms with E-state index < -0.39 is 5.82 Å². The van der Waals surface area contributed by atoms with Crippen molar-refractivity contribution in [1.82, 2.24) is 4.98 Å². The molecule has 0 saturated carbocycles. The third-order valence-corrected chi connectivity index (χ3v) is 4.97. The minimum Gasteiger partial charge on any atom is -0.505 e. The van der Waals surface area contributed by atoms with Gasteiger partial charge in [0.2, 0.25) is 0 Å². The zero-order chi connectivity index (χ0) is 12.9. The van der Waals surface area contributed by atoms with Gasteiger partial charge in [0.15, 0.2) is 11.6 Å². The summed E-state index contributed by atoms with van der Waals surface area (Å²) in [6, 6.07) is 2.67. The van der Waals surface area contributed by atoms with Gasteiger partial charge in [-0.3, -0.25) is 4.99 Å². The van der Waals surface area contributed by atoms with Crippen LogP contribution in [0.1, 0.15) is 18.9 Å². The highest BCUT2D eigenvalue weighted by molar-refractivity contribution is 8.16. The fourth-order valence-electron chi connectivity index (χ4n) is 1.73. The fourth-order valence-corrected chi connectivity index (χ4v) is 3.78. The number of aliphatic imine (C=N–C) groups is 1. The SMILES string of the molecule is CC1(C)CN=C(c2nc3cc(F)c(O)cc3s2)S1. The number of aromatic hydroxyl groups is 1. The lowest BCUT2D eigenvalue weighted by molar-refractivity contribution is 0.434. The van der Waals surface area contributed by atoms with E-state index in [9.17, 15) is 9.50 Å². The van der Waals surface area contributed by atoms with Gasteiger partial charge >= 0.3 is 0 Å². The van der Waals surface area contributed by atoms with Crippen LogP contribution >= 0.6 is 23.1 Å². The van der Waals surface area contributed by atoms with Crippen LogP contribution in [0.5, 0.6) is 5.75 Å². The molecule has 1 aliphatic rings. The Morgan fingerprint density at radius 3 is 2.83 bits per heavy atom. The second kappa shape index (κ2) is 3.93. The van der Waals surface area contributed by atoms with Crippen molar-refractivity contribution in [2.75, 3.05) is 6.54 Å². The lowest BCUT2D eigenvalue weighted by Crippen LogP contribution is -2.14. The Morgan fingerprint density at radius 1 is 1.39 bits per heavy atom. The number of fused-ring (bicyclic) bond motifs is 1. The summed E-state index contributed by atoms with van der Waals surface area (Å²) >= 11 is 3.11. The quantitative estimate of drug-likeness (QED) is 0.871. The number of halogens is 1. The van der Waals surface area contributed by atoms with Crippen LogP contribution in [0.2, 0.25) is 0 Å². The number of hydrogen-bond donors (Lipinski definition) is 1. The topological polar surface area (TPSA) is 45.5 Å². The first kappa shape index (κ1) is 11.9. The van der Waals surface area contributed by atoms with Crippen LogP contribution in [0.25, 0.3) is 10.2 Å². The van der Waals surface area contributed by atoms with Crippen LogP contribution in [-0.2, 0) is 0 Å². The number of phenolic OH excluding ortho intramolecular Hbond substituents is 1. The van der Waals surface area contributed by atoms with Crippen molar-refractivity contribution in [3.8, 4) is 5.75 Å². The molecule has 1 aromatic carbocycles. The minimum atomic E-state index is -0.638. The molecule has 1 aromatic heterocycles. The van der Waals surface area contributed by atoms with E-state index in [0.29, 0.717) is 5.52 Å². The van der Waals surface area contributed by atoms with Crippen LogP contribution in [0.4, 0.5) is 4.39 Å². The maximum absolute atomic E-state index is 13.2. The van der Waals surface area contributed by atoms with E-state index >= 15 is 0 Å². The predicted molar refractivity (Wildman–Crippen MR) is 74.3 cm³/mol. The number of benzene rings is 1. The molecule has 3 rings (SSSR count). The van der Waals surface area contributed by atoms with Crippen molar-refractivity contribution < 1.29 is 9.50 Å². The number of thioether (sulfide) groups is 1. The van der Waals surface area contributed by atoms with Gasteiger partial charge in [0.05, 0.1) is 16.8 Å². The molecule has 0 saturated heterocycles. The Kier molecular flexibility index (Phi) is 2.60. The second-order valence-corrected chi connectivity index (χ2v) is 7.50. The standard InChI is InChI=1S/C12H11FN2OS2/c1-12(2)5-14-10(18-12)11-15-7-3-6(13)8(16)4-9(7)17-11/h3-4,16H,5H2,1-2H3. The van der Waals surface area contributed by atoms with Crippen molar-refractivity contribution in [1.29, 1.82) is 0 Å². The van der Waals surface area contributed by atoms with Gasteiger partial charge in [0.1, 0.15) is 10.1 Å². The number of aromatic nitrogens is 1. The molecule has 0 bridgehead atoms. The summed E-state index contributed by atoms with van der Waals surface area (Å²) in [5.41, 5.74) is 0.568. The summed E-state index contributed by atoms with van der Waals surface area (Å²) in [6.45, 7) is 5.03. The average molecular weight is 282 g/mol. The lowest BCUT2D eigenvalue weighted by atomic mass is 10.2. The van der Waals surface area contributed by atoms with Gasteiger partial charge in [-0.25, -0.2) is 9.37 Å². The summed E-state index contributed by atoms with van der Waals surface area (Å²) in [4.78, 5) is 8.85. The normalized spacial score (nSPS) is 18.3. The maximum Gasteiger partial charge on any atom is 0.167 e. The molecular formula is C12H11FN2OS2. The molecule has 0 atom stereocenters. The van der Waals surface area contributed by atoms with E-state index in [1.54, 1.807) is 11.8 Å². The molecule has 2 aromatic rings. The number of thiazole rings is 1. The lowest BCUT2D eigenvalue weighted by Gasteiger charge is -2.12. The fraction of sp³-hybridized carbons (Fsp3) is 0.333. The van der Waals surface area contributed by atoms with Crippen LogP contribution in [0.15, 0.2) is 17.1 Å². The van der Waals surface area contributed by atoms with Crippen LogP contribution in [0, 0.1) is 5.82 Å². The molecule has 0 unspecified atom stereocenters. The van der Waals surface area contributed by atoms with E-state index in [1.807, 2.05) is 0 Å². The molecule has 1 N–H and O–H groups in total.